The number of amides is 1. The van der Waals surface area contributed by atoms with Gasteiger partial charge in [0.25, 0.3) is 5.91 Å². The van der Waals surface area contributed by atoms with E-state index in [4.69, 9.17) is 16.3 Å². The van der Waals surface area contributed by atoms with Crippen LogP contribution in [0.4, 0.5) is 10.1 Å². The minimum Gasteiger partial charge on any atom is -0.481 e. The Kier molecular flexibility index (Phi) is 5.99. The molecule has 0 saturated carbocycles. The molecule has 3 rings (SSSR count). The molecular weight excluding hydrogens is 355 g/mol. The lowest BCUT2D eigenvalue weighted by atomic mass is 10.2. The molecule has 138 valence electrons. The molecule has 0 bridgehead atoms. The third-order valence-electron chi connectivity index (χ3n) is 4.52. The van der Waals surface area contributed by atoms with Gasteiger partial charge in [-0.15, -0.1) is 0 Å². The number of rotatable bonds is 5. The standard InChI is InChI=1S/C20H22ClFN2O2/c1-2-19(26-18-9-3-15(21)4-10-18)20(25)24-13-11-23(12-14-24)17-7-5-16(22)6-8-17/h3-10,19H,2,11-14H2,1H3/t19-/m0/s1. The highest BCUT2D eigenvalue weighted by atomic mass is 35.5. The zero-order valence-electron chi connectivity index (χ0n) is 14.7. The van der Waals surface area contributed by atoms with Crippen LogP contribution < -0.4 is 9.64 Å². The molecule has 0 aliphatic carbocycles. The number of benzene rings is 2. The molecule has 0 N–H and O–H groups in total. The summed E-state index contributed by atoms with van der Waals surface area (Å²) in [5.41, 5.74) is 0.975. The average Bonchev–Trinajstić information content (AvgIpc) is 2.68. The molecule has 1 atom stereocenters. The van der Waals surface area contributed by atoms with Crippen LogP contribution in [0.15, 0.2) is 48.5 Å². The lowest BCUT2D eigenvalue weighted by molar-refractivity contribution is -0.139. The van der Waals surface area contributed by atoms with Gasteiger partial charge in [-0.3, -0.25) is 4.79 Å². The van der Waals surface area contributed by atoms with Crippen molar-refractivity contribution >= 4 is 23.2 Å². The number of hydrogen-bond acceptors (Lipinski definition) is 3. The van der Waals surface area contributed by atoms with Crippen LogP contribution in [0.1, 0.15) is 13.3 Å². The van der Waals surface area contributed by atoms with Crippen molar-refractivity contribution in [3.63, 3.8) is 0 Å². The topological polar surface area (TPSA) is 32.8 Å². The second kappa shape index (κ2) is 8.41. The summed E-state index contributed by atoms with van der Waals surface area (Å²) in [6.07, 6.45) is 0.0909. The second-order valence-electron chi connectivity index (χ2n) is 6.26. The molecular formula is C20H22ClFN2O2. The summed E-state index contributed by atoms with van der Waals surface area (Å²) >= 11 is 5.88. The first-order valence-electron chi connectivity index (χ1n) is 8.78. The van der Waals surface area contributed by atoms with Gasteiger partial charge in [0.05, 0.1) is 0 Å². The number of hydrogen-bond donors (Lipinski definition) is 0. The van der Waals surface area contributed by atoms with E-state index in [2.05, 4.69) is 4.90 Å². The van der Waals surface area contributed by atoms with Gasteiger partial charge in [0.2, 0.25) is 0 Å². The molecule has 0 radical (unpaired) electrons. The highest BCUT2D eigenvalue weighted by Crippen LogP contribution is 2.20. The van der Waals surface area contributed by atoms with Crippen LogP contribution >= 0.6 is 11.6 Å². The van der Waals surface area contributed by atoms with Gasteiger partial charge in [-0.25, -0.2) is 4.39 Å². The zero-order chi connectivity index (χ0) is 18.5. The van der Waals surface area contributed by atoms with Gasteiger partial charge in [0.15, 0.2) is 6.10 Å². The minimum atomic E-state index is -0.506. The maximum absolute atomic E-state index is 13.1. The summed E-state index contributed by atoms with van der Waals surface area (Å²) in [6, 6.07) is 13.5. The monoisotopic (exact) mass is 376 g/mol. The summed E-state index contributed by atoms with van der Waals surface area (Å²) in [6.45, 7) is 4.62. The lowest BCUT2D eigenvalue weighted by Crippen LogP contribution is -2.52. The fourth-order valence-electron chi connectivity index (χ4n) is 3.03. The predicted molar refractivity (Wildman–Crippen MR) is 101 cm³/mol. The van der Waals surface area contributed by atoms with E-state index in [0.29, 0.717) is 30.3 Å². The fourth-order valence-corrected chi connectivity index (χ4v) is 3.15. The molecule has 1 aliphatic rings. The maximum Gasteiger partial charge on any atom is 0.263 e. The van der Waals surface area contributed by atoms with Gasteiger partial charge < -0.3 is 14.5 Å². The highest BCUT2D eigenvalue weighted by molar-refractivity contribution is 6.30. The van der Waals surface area contributed by atoms with Crippen molar-refractivity contribution in [1.82, 2.24) is 4.90 Å². The quantitative estimate of drug-likeness (QED) is 0.791. The first-order valence-corrected chi connectivity index (χ1v) is 9.16. The maximum atomic E-state index is 13.1. The molecule has 1 saturated heterocycles. The summed E-state index contributed by atoms with van der Waals surface area (Å²) in [4.78, 5) is 16.8. The van der Waals surface area contributed by atoms with E-state index in [1.807, 2.05) is 11.8 Å². The first-order chi connectivity index (χ1) is 12.6. The van der Waals surface area contributed by atoms with E-state index in [1.54, 1.807) is 36.4 Å². The summed E-state index contributed by atoms with van der Waals surface area (Å²) in [5.74, 6) is 0.397. The van der Waals surface area contributed by atoms with Crippen LogP contribution in [-0.2, 0) is 4.79 Å². The van der Waals surface area contributed by atoms with Gasteiger partial charge in [0.1, 0.15) is 11.6 Å². The van der Waals surface area contributed by atoms with Gasteiger partial charge >= 0.3 is 0 Å². The molecule has 2 aromatic rings. The van der Waals surface area contributed by atoms with Gasteiger partial charge in [-0.05, 0) is 55.0 Å². The van der Waals surface area contributed by atoms with Crippen molar-refractivity contribution in [3.05, 3.63) is 59.4 Å². The zero-order valence-corrected chi connectivity index (χ0v) is 15.5. The fraction of sp³-hybridized carbons (Fsp3) is 0.350. The van der Waals surface area contributed by atoms with E-state index in [9.17, 15) is 9.18 Å². The van der Waals surface area contributed by atoms with Gasteiger partial charge in [-0.2, -0.15) is 0 Å². The SMILES string of the molecule is CC[C@H](Oc1ccc(Cl)cc1)C(=O)N1CCN(c2ccc(F)cc2)CC1. The van der Waals surface area contributed by atoms with Crippen molar-refractivity contribution in [3.8, 4) is 5.75 Å². The Bertz CT molecular complexity index is 728. The Morgan fingerprint density at radius 1 is 1.08 bits per heavy atom. The van der Waals surface area contributed by atoms with Crippen molar-refractivity contribution in [2.75, 3.05) is 31.1 Å². The third-order valence-corrected chi connectivity index (χ3v) is 4.77. The van der Waals surface area contributed by atoms with Crippen molar-refractivity contribution in [2.24, 2.45) is 0 Å². The molecule has 2 aromatic carbocycles. The van der Waals surface area contributed by atoms with Crippen LogP contribution in [0.2, 0.25) is 5.02 Å². The largest absolute Gasteiger partial charge is 0.481 e. The summed E-state index contributed by atoms with van der Waals surface area (Å²) in [5, 5.41) is 0.633. The minimum absolute atomic E-state index is 0.00112. The van der Waals surface area contributed by atoms with E-state index in [-0.39, 0.29) is 11.7 Å². The highest BCUT2D eigenvalue weighted by Gasteiger charge is 2.28. The molecule has 0 spiro atoms. The number of piperazine rings is 1. The normalized spacial score (nSPS) is 15.7. The number of carbonyl (C=O) groups excluding carboxylic acids is 1. The molecule has 1 amide bonds. The predicted octanol–water partition coefficient (Wildman–Crippen LogP) is 3.99. The van der Waals surface area contributed by atoms with Crippen LogP contribution in [0, 0.1) is 5.82 Å². The van der Waals surface area contributed by atoms with E-state index in [1.165, 1.54) is 12.1 Å². The third kappa shape index (κ3) is 4.47. The van der Waals surface area contributed by atoms with Crippen LogP contribution in [0.25, 0.3) is 0 Å². The van der Waals surface area contributed by atoms with Gasteiger partial charge in [0, 0.05) is 36.9 Å². The van der Waals surface area contributed by atoms with E-state index in [0.717, 1.165) is 18.8 Å². The number of anilines is 1. The molecule has 0 aromatic heterocycles. The molecule has 1 fully saturated rings. The Morgan fingerprint density at radius 3 is 2.27 bits per heavy atom. The number of ether oxygens (including phenoxy) is 1. The molecule has 1 aliphatic heterocycles. The first kappa shape index (κ1) is 18.5. The molecule has 6 heteroatoms. The van der Waals surface area contributed by atoms with Crippen molar-refractivity contribution in [1.29, 1.82) is 0 Å². The second-order valence-corrected chi connectivity index (χ2v) is 6.69. The Hall–Kier alpha value is -2.27. The number of halogens is 2. The smallest absolute Gasteiger partial charge is 0.263 e. The Morgan fingerprint density at radius 2 is 1.69 bits per heavy atom. The Balaban J connectivity index is 1.57. The van der Waals surface area contributed by atoms with Crippen LogP contribution in [0.3, 0.4) is 0 Å². The molecule has 26 heavy (non-hydrogen) atoms. The van der Waals surface area contributed by atoms with Crippen LogP contribution in [-0.4, -0.2) is 43.1 Å². The molecule has 0 unspecified atom stereocenters. The summed E-state index contributed by atoms with van der Waals surface area (Å²) in [7, 11) is 0. The lowest BCUT2D eigenvalue weighted by Gasteiger charge is -2.37. The number of nitrogens with zero attached hydrogens (tertiary/aromatic N) is 2. The Labute approximate surface area is 158 Å². The summed E-state index contributed by atoms with van der Waals surface area (Å²) < 4.78 is 18.9. The van der Waals surface area contributed by atoms with Crippen molar-refractivity contribution in [2.45, 2.75) is 19.4 Å². The van der Waals surface area contributed by atoms with Gasteiger partial charge in [-0.1, -0.05) is 18.5 Å². The van der Waals surface area contributed by atoms with E-state index >= 15 is 0 Å². The molecule has 4 nitrogen and oxygen atoms in total. The molecule has 1 heterocycles. The van der Waals surface area contributed by atoms with Crippen molar-refractivity contribution < 1.29 is 13.9 Å². The number of carbonyl (C=O) groups is 1. The van der Waals surface area contributed by atoms with Crippen LogP contribution in [0.5, 0.6) is 5.75 Å². The van der Waals surface area contributed by atoms with E-state index < -0.39 is 6.10 Å². The average molecular weight is 377 g/mol.